The summed E-state index contributed by atoms with van der Waals surface area (Å²) in [7, 11) is 1.73. The zero-order valence-corrected chi connectivity index (χ0v) is 10.8. The van der Waals surface area contributed by atoms with Crippen molar-refractivity contribution in [2.75, 3.05) is 40.0 Å². The Morgan fingerprint density at radius 2 is 2.25 bits per heavy atom. The molecule has 96 valence electrons. The second-order valence-electron chi connectivity index (χ2n) is 4.97. The first-order chi connectivity index (χ1) is 7.83. The molecule has 3 heteroatoms. The van der Waals surface area contributed by atoms with Crippen LogP contribution in [-0.2, 0) is 9.47 Å². The molecule has 0 bridgehead atoms. The largest absolute Gasteiger partial charge is 0.385 e. The fourth-order valence-electron chi connectivity index (χ4n) is 2.35. The molecule has 3 nitrogen and oxygen atoms in total. The van der Waals surface area contributed by atoms with Crippen LogP contribution in [0.3, 0.4) is 0 Å². The van der Waals surface area contributed by atoms with Crippen molar-refractivity contribution in [2.24, 2.45) is 11.8 Å². The molecule has 16 heavy (non-hydrogen) atoms. The van der Waals surface area contributed by atoms with Crippen LogP contribution in [0.2, 0.25) is 0 Å². The molecule has 0 amide bonds. The summed E-state index contributed by atoms with van der Waals surface area (Å²) in [5.74, 6) is 1.55. The fourth-order valence-corrected chi connectivity index (χ4v) is 2.35. The van der Waals surface area contributed by atoms with Crippen molar-refractivity contribution in [1.82, 2.24) is 5.32 Å². The van der Waals surface area contributed by atoms with Crippen molar-refractivity contribution in [2.45, 2.75) is 32.6 Å². The van der Waals surface area contributed by atoms with Crippen LogP contribution < -0.4 is 5.32 Å². The smallest absolute Gasteiger partial charge is 0.0491 e. The van der Waals surface area contributed by atoms with Gasteiger partial charge in [-0.25, -0.2) is 0 Å². The summed E-state index contributed by atoms with van der Waals surface area (Å²) >= 11 is 0. The zero-order chi connectivity index (χ0) is 11.6. The minimum Gasteiger partial charge on any atom is -0.385 e. The lowest BCUT2D eigenvalue weighted by molar-refractivity contribution is 0.0750. The topological polar surface area (TPSA) is 30.5 Å². The summed E-state index contributed by atoms with van der Waals surface area (Å²) in [5, 5.41) is 3.47. The molecule has 1 aliphatic rings. The second-order valence-corrected chi connectivity index (χ2v) is 4.97. The van der Waals surface area contributed by atoms with Crippen molar-refractivity contribution in [3.63, 3.8) is 0 Å². The molecule has 0 aromatic carbocycles. The van der Waals surface area contributed by atoms with E-state index in [0.717, 1.165) is 32.2 Å². The lowest BCUT2D eigenvalue weighted by Crippen LogP contribution is -2.31. The maximum absolute atomic E-state index is 5.64. The fraction of sp³-hybridized carbons (Fsp3) is 1.00. The van der Waals surface area contributed by atoms with Crippen LogP contribution in [0.5, 0.6) is 0 Å². The van der Waals surface area contributed by atoms with Crippen LogP contribution >= 0.6 is 0 Å². The predicted molar refractivity (Wildman–Crippen MR) is 66.7 cm³/mol. The summed E-state index contributed by atoms with van der Waals surface area (Å²) in [6.45, 7) is 7.25. The summed E-state index contributed by atoms with van der Waals surface area (Å²) in [6.07, 6.45) is 5.04. The van der Waals surface area contributed by atoms with E-state index in [0.29, 0.717) is 5.92 Å². The van der Waals surface area contributed by atoms with Gasteiger partial charge >= 0.3 is 0 Å². The van der Waals surface area contributed by atoms with Gasteiger partial charge in [-0.15, -0.1) is 0 Å². The van der Waals surface area contributed by atoms with Gasteiger partial charge < -0.3 is 14.8 Å². The van der Waals surface area contributed by atoms with E-state index in [1.807, 2.05) is 0 Å². The molecule has 0 spiro atoms. The van der Waals surface area contributed by atoms with E-state index in [-0.39, 0.29) is 0 Å². The molecular weight excluding hydrogens is 202 g/mol. The van der Waals surface area contributed by atoms with Crippen molar-refractivity contribution in [3.05, 3.63) is 0 Å². The highest BCUT2D eigenvalue weighted by Crippen LogP contribution is 2.19. The van der Waals surface area contributed by atoms with E-state index < -0.39 is 0 Å². The van der Waals surface area contributed by atoms with Crippen molar-refractivity contribution in [1.29, 1.82) is 0 Å². The van der Waals surface area contributed by atoms with Crippen LogP contribution in [0.15, 0.2) is 0 Å². The van der Waals surface area contributed by atoms with Crippen LogP contribution in [-0.4, -0.2) is 40.0 Å². The number of hydrogen-bond donors (Lipinski definition) is 1. The lowest BCUT2D eigenvalue weighted by Gasteiger charge is -2.25. The Kier molecular flexibility index (Phi) is 7.81. The minimum absolute atomic E-state index is 0.687. The van der Waals surface area contributed by atoms with Crippen LogP contribution in [0.1, 0.15) is 32.6 Å². The summed E-state index contributed by atoms with van der Waals surface area (Å²) in [5.41, 5.74) is 0. The SMILES string of the molecule is COCCCOCC(C)CC1CCCNC1. The standard InChI is InChI=1S/C13H27NO2/c1-12(11-16-8-4-7-15-2)9-13-5-3-6-14-10-13/h12-14H,3-11H2,1-2H3. The van der Waals surface area contributed by atoms with E-state index in [4.69, 9.17) is 9.47 Å². The van der Waals surface area contributed by atoms with E-state index in [9.17, 15) is 0 Å². The summed E-state index contributed by atoms with van der Waals surface area (Å²) in [6, 6.07) is 0. The Balaban J connectivity index is 1.95. The quantitative estimate of drug-likeness (QED) is 0.646. The maximum atomic E-state index is 5.64. The van der Waals surface area contributed by atoms with Gasteiger partial charge in [0, 0.05) is 26.9 Å². The van der Waals surface area contributed by atoms with Gasteiger partial charge in [-0.05, 0) is 50.6 Å². The number of methoxy groups -OCH3 is 1. The van der Waals surface area contributed by atoms with Gasteiger partial charge in [-0.2, -0.15) is 0 Å². The molecule has 1 N–H and O–H groups in total. The van der Waals surface area contributed by atoms with Crippen LogP contribution in [0.25, 0.3) is 0 Å². The number of piperidine rings is 1. The molecular formula is C13H27NO2. The highest BCUT2D eigenvalue weighted by Gasteiger charge is 2.15. The summed E-state index contributed by atoms with van der Waals surface area (Å²) < 4.78 is 10.6. The van der Waals surface area contributed by atoms with Crippen LogP contribution in [0, 0.1) is 11.8 Å². The molecule has 2 atom stereocenters. The molecule has 0 aromatic rings. The highest BCUT2D eigenvalue weighted by atomic mass is 16.5. The highest BCUT2D eigenvalue weighted by molar-refractivity contribution is 4.71. The number of hydrogen-bond acceptors (Lipinski definition) is 3. The van der Waals surface area contributed by atoms with Crippen molar-refractivity contribution >= 4 is 0 Å². The summed E-state index contributed by atoms with van der Waals surface area (Å²) in [4.78, 5) is 0. The van der Waals surface area contributed by atoms with Crippen molar-refractivity contribution < 1.29 is 9.47 Å². The van der Waals surface area contributed by atoms with Crippen molar-refractivity contribution in [3.8, 4) is 0 Å². The van der Waals surface area contributed by atoms with E-state index in [1.54, 1.807) is 7.11 Å². The first-order valence-electron chi connectivity index (χ1n) is 6.60. The van der Waals surface area contributed by atoms with Crippen LogP contribution in [0.4, 0.5) is 0 Å². The van der Waals surface area contributed by atoms with Gasteiger partial charge in [-0.3, -0.25) is 0 Å². The first-order valence-corrected chi connectivity index (χ1v) is 6.60. The van der Waals surface area contributed by atoms with Gasteiger partial charge in [0.1, 0.15) is 0 Å². The molecule has 0 saturated carbocycles. The molecule has 1 rings (SSSR count). The molecule has 1 aliphatic heterocycles. The monoisotopic (exact) mass is 229 g/mol. The normalized spacial score (nSPS) is 23.2. The average molecular weight is 229 g/mol. The van der Waals surface area contributed by atoms with Gasteiger partial charge in [0.25, 0.3) is 0 Å². The second kappa shape index (κ2) is 8.97. The van der Waals surface area contributed by atoms with Gasteiger partial charge in [0.05, 0.1) is 0 Å². The molecule has 1 saturated heterocycles. The van der Waals surface area contributed by atoms with Gasteiger partial charge in [0.15, 0.2) is 0 Å². The molecule has 2 unspecified atom stereocenters. The molecule has 0 aromatic heterocycles. The predicted octanol–water partition coefficient (Wildman–Crippen LogP) is 2.07. The molecule has 1 fully saturated rings. The van der Waals surface area contributed by atoms with E-state index in [2.05, 4.69) is 12.2 Å². The Bertz CT molecular complexity index is 158. The third-order valence-electron chi connectivity index (χ3n) is 3.17. The minimum atomic E-state index is 0.687. The lowest BCUT2D eigenvalue weighted by atomic mass is 9.90. The molecule has 0 radical (unpaired) electrons. The Labute approximate surface area is 99.9 Å². The number of rotatable bonds is 8. The third-order valence-corrected chi connectivity index (χ3v) is 3.17. The molecule has 0 aliphatic carbocycles. The molecule has 1 heterocycles. The Hall–Kier alpha value is -0.120. The van der Waals surface area contributed by atoms with E-state index in [1.165, 1.54) is 32.4 Å². The van der Waals surface area contributed by atoms with E-state index >= 15 is 0 Å². The van der Waals surface area contributed by atoms with Gasteiger partial charge in [-0.1, -0.05) is 6.92 Å². The maximum Gasteiger partial charge on any atom is 0.0491 e. The number of ether oxygens (including phenoxy) is 2. The number of nitrogens with one attached hydrogen (secondary N) is 1. The average Bonchev–Trinajstić information content (AvgIpc) is 2.30. The van der Waals surface area contributed by atoms with Gasteiger partial charge in [0.2, 0.25) is 0 Å². The first kappa shape index (κ1) is 13.9. The Morgan fingerprint density at radius 3 is 2.94 bits per heavy atom. The third kappa shape index (κ3) is 6.46. The Morgan fingerprint density at radius 1 is 1.38 bits per heavy atom. The zero-order valence-electron chi connectivity index (χ0n) is 10.8.